The van der Waals surface area contributed by atoms with Gasteiger partial charge in [-0.15, -0.1) is 0 Å². The number of amides is 2. The van der Waals surface area contributed by atoms with E-state index in [0.29, 0.717) is 13.1 Å². The highest BCUT2D eigenvalue weighted by Gasteiger charge is 2.32. The highest BCUT2D eigenvalue weighted by Crippen LogP contribution is 2.36. The Bertz CT molecular complexity index is 1540. The first-order valence-corrected chi connectivity index (χ1v) is 14.1. The molecule has 0 fully saturated rings. The molecule has 3 aromatic carbocycles. The normalized spacial score (nSPS) is 11.0. The fourth-order valence-corrected chi connectivity index (χ4v) is 5.62. The van der Waals surface area contributed by atoms with Gasteiger partial charge in [0.05, 0.1) is 33.9 Å². The third-order valence-corrected chi connectivity index (χ3v) is 8.14. The number of anilines is 2. The summed E-state index contributed by atoms with van der Waals surface area (Å²) in [6.45, 7) is 5.31. The molecule has 0 saturated carbocycles. The number of halogens is 1. The zero-order valence-corrected chi connectivity index (χ0v) is 24.0. The lowest BCUT2D eigenvalue weighted by molar-refractivity contribution is -0.385. The molecule has 11 nitrogen and oxygen atoms in total. The minimum atomic E-state index is -4.56. The molecule has 0 atom stereocenters. The lowest BCUT2D eigenvalue weighted by Gasteiger charge is -2.26. The first-order chi connectivity index (χ1) is 18.9. The standard InChI is InChI=1S/C27H29ClN4O7S/c1-5-30(6-2)27(34)21-9-7-8-10-22(21)29-26(33)17-31(24-15-19(28)12-14-25(24)39-4)40(37,38)20-13-11-18(3)23(16-20)32(35)36/h7-16H,5-6,17H2,1-4H3,(H,29,33). The van der Waals surface area contributed by atoms with Gasteiger partial charge in [0.2, 0.25) is 5.91 Å². The van der Waals surface area contributed by atoms with Crippen LogP contribution in [0.15, 0.2) is 65.6 Å². The number of methoxy groups -OCH3 is 1. The average molecular weight is 589 g/mol. The first kappa shape index (κ1) is 30.4. The van der Waals surface area contributed by atoms with Gasteiger partial charge >= 0.3 is 0 Å². The molecule has 1 N–H and O–H groups in total. The quantitative estimate of drug-likeness (QED) is 0.249. The van der Waals surface area contributed by atoms with Crippen LogP contribution in [0, 0.1) is 17.0 Å². The van der Waals surface area contributed by atoms with Gasteiger partial charge in [0.25, 0.3) is 21.6 Å². The molecule has 13 heteroatoms. The summed E-state index contributed by atoms with van der Waals surface area (Å²) in [6.07, 6.45) is 0. The summed E-state index contributed by atoms with van der Waals surface area (Å²) in [6, 6.07) is 14.1. The molecule has 212 valence electrons. The van der Waals surface area contributed by atoms with Crippen molar-refractivity contribution in [2.24, 2.45) is 0 Å². The van der Waals surface area contributed by atoms with Gasteiger partial charge in [0.15, 0.2) is 0 Å². The zero-order valence-electron chi connectivity index (χ0n) is 22.4. The Kier molecular flexibility index (Phi) is 9.72. The van der Waals surface area contributed by atoms with E-state index in [1.807, 2.05) is 13.8 Å². The monoisotopic (exact) mass is 588 g/mol. The summed E-state index contributed by atoms with van der Waals surface area (Å²) < 4.78 is 33.9. The van der Waals surface area contributed by atoms with E-state index in [1.54, 1.807) is 23.1 Å². The van der Waals surface area contributed by atoms with Gasteiger partial charge in [0, 0.05) is 29.7 Å². The number of aryl methyl sites for hydroxylation is 1. The average Bonchev–Trinajstić information content (AvgIpc) is 2.92. The molecular weight excluding hydrogens is 560 g/mol. The second kappa shape index (κ2) is 12.8. The molecule has 3 aromatic rings. The number of carbonyl (C=O) groups excluding carboxylic acids is 2. The van der Waals surface area contributed by atoms with Gasteiger partial charge in [-0.05, 0) is 57.2 Å². The van der Waals surface area contributed by atoms with Gasteiger partial charge in [-0.3, -0.25) is 24.0 Å². The van der Waals surface area contributed by atoms with Crippen LogP contribution in [0.3, 0.4) is 0 Å². The van der Waals surface area contributed by atoms with E-state index in [0.717, 1.165) is 10.4 Å². The SMILES string of the molecule is CCN(CC)C(=O)c1ccccc1NC(=O)CN(c1cc(Cl)ccc1OC)S(=O)(=O)c1ccc(C)c([N+](=O)[O-])c1. The molecule has 0 aliphatic rings. The number of nitro benzene ring substituents is 1. The summed E-state index contributed by atoms with van der Waals surface area (Å²) in [5.74, 6) is -0.972. The van der Waals surface area contributed by atoms with Crippen LogP contribution in [0.1, 0.15) is 29.8 Å². The van der Waals surface area contributed by atoms with Gasteiger partial charge in [-0.2, -0.15) is 0 Å². The Morgan fingerprint density at radius 2 is 1.73 bits per heavy atom. The molecule has 40 heavy (non-hydrogen) atoms. The molecule has 0 saturated heterocycles. The van der Waals surface area contributed by atoms with Crippen molar-refractivity contribution < 1.29 is 27.7 Å². The number of hydrogen-bond donors (Lipinski definition) is 1. The van der Waals surface area contributed by atoms with E-state index < -0.39 is 38.0 Å². The van der Waals surface area contributed by atoms with Crippen LogP contribution < -0.4 is 14.4 Å². The first-order valence-electron chi connectivity index (χ1n) is 12.2. The van der Waals surface area contributed by atoms with Crippen LogP contribution in [-0.4, -0.2) is 56.8 Å². The number of nitrogens with zero attached hydrogens (tertiary/aromatic N) is 3. The minimum absolute atomic E-state index is 0.0547. The van der Waals surface area contributed by atoms with Gasteiger partial charge in [-0.25, -0.2) is 8.42 Å². The maximum Gasteiger partial charge on any atom is 0.273 e. The number of nitrogens with one attached hydrogen (secondary N) is 1. The summed E-state index contributed by atoms with van der Waals surface area (Å²) in [5.41, 5.74) is 0.255. The van der Waals surface area contributed by atoms with Crippen LogP contribution in [0.2, 0.25) is 5.02 Å². The molecule has 0 aliphatic heterocycles. The summed E-state index contributed by atoms with van der Waals surface area (Å²) in [4.78, 5) is 38.4. The van der Waals surface area contributed by atoms with E-state index in [1.165, 1.54) is 50.4 Å². The van der Waals surface area contributed by atoms with Crippen molar-refractivity contribution in [2.75, 3.05) is 36.4 Å². The van der Waals surface area contributed by atoms with Crippen LogP contribution >= 0.6 is 11.6 Å². The number of nitro groups is 1. The van der Waals surface area contributed by atoms with Gasteiger partial charge < -0.3 is 15.0 Å². The molecule has 0 aliphatic carbocycles. The Morgan fingerprint density at radius 3 is 2.35 bits per heavy atom. The number of hydrogen-bond acceptors (Lipinski definition) is 7. The van der Waals surface area contributed by atoms with E-state index >= 15 is 0 Å². The summed E-state index contributed by atoms with van der Waals surface area (Å²) in [7, 11) is -3.23. The maximum atomic E-state index is 13.9. The van der Waals surface area contributed by atoms with E-state index in [2.05, 4.69) is 5.32 Å². The van der Waals surface area contributed by atoms with Crippen LogP contribution in [0.4, 0.5) is 17.1 Å². The number of rotatable bonds is 11. The van der Waals surface area contributed by atoms with Crippen molar-refractivity contribution >= 4 is 50.5 Å². The summed E-state index contributed by atoms with van der Waals surface area (Å²) in [5, 5.41) is 14.3. The molecule has 0 aromatic heterocycles. The fraction of sp³-hybridized carbons (Fsp3) is 0.259. The third kappa shape index (κ3) is 6.52. The largest absolute Gasteiger partial charge is 0.495 e. The molecular formula is C27H29ClN4O7S. The van der Waals surface area contributed by atoms with Crippen molar-refractivity contribution in [3.8, 4) is 5.75 Å². The maximum absolute atomic E-state index is 13.9. The predicted octanol–water partition coefficient (Wildman–Crippen LogP) is 4.88. The lowest BCUT2D eigenvalue weighted by atomic mass is 10.1. The molecule has 0 radical (unpaired) electrons. The van der Waals surface area contributed by atoms with Crippen LogP contribution in [0.5, 0.6) is 5.75 Å². The van der Waals surface area contributed by atoms with Crippen molar-refractivity contribution in [1.29, 1.82) is 0 Å². The number of para-hydroxylation sites is 1. The lowest BCUT2D eigenvalue weighted by Crippen LogP contribution is -2.39. The second-order valence-corrected chi connectivity index (χ2v) is 10.9. The number of ether oxygens (including phenoxy) is 1. The number of sulfonamides is 1. The Morgan fingerprint density at radius 1 is 1.05 bits per heavy atom. The Hall–Kier alpha value is -4.16. The van der Waals surface area contributed by atoms with Crippen molar-refractivity contribution in [3.05, 3.63) is 86.9 Å². The van der Waals surface area contributed by atoms with E-state index in [4.69, 9.17) is 16.3 Å². The third-order valence-electron chi connectivity index (χ3n) is 6.14. The number of benzene rings is 3. The molecule has 0 heterocycles. The van der Waals surface area contributed by atoms with Gasteiger partial charge in [-0.1, -0.05) is 29.8 Å². The predicted molar refractivity (Wildman–Crippen MR) is 153 cm³/mol. The molecule has 0 spiro atoms. The second-order valence-electron chi connectivity index (χ2n) is 8.60. The topological polar surface area (TPSA) is 139 Å². The van der Waals surface area contributed by atoms with Crippen molar-refractivity contribution in [1.82, 2.24) is 4.90 Å². The highest BCUT2D eigenvalue weighted by atomic mass is 35.5. The van der Waals surface area contributed by atoms with Crippen molar-refractivity contribution in [3.63, 3.8) is 0 Å². The molecule has 3 rings (SSSR count). The molecule has 2 amide bonds. The Labute approximate surface area is 237 Å². The van der Waals surface area contributed by atoms with Gasteiger partial charge in [0.1, 0.15) is 12.3 Å². The van der Waals surface area contributed by atoms with Crippen LogP contribution in [-0.2, 0) is 14.8 Å². The Balaban J connectivity index is 2.08. The zero-order chi connectivity index (χ0) is 29.6. The van der Waals surface area contributed by atoms with E-state index in [-0.39, 0.29) is 39.2 Å². The molecule has 0 bridgehead atoms. The smallest absolute Gasteiger partial charge is 0.273 e. The van der Waals surface area contributed by atoms with Crippen molar-refractivity contribution in [2.45, 2.75) is 25.7 Å². The number of carbonyl (C=O) groups is 2. The fourth-order valence-electron chi connectivity index (χ4n) is 4.01. The van der Waals surface area contributed by atoms with E-state index in [9.17, 15) is 28.1 Å². The minimum Gasteiger partial charge on any atom is -0.495 e. The highest BCUT2D eigenvalue weighted by molar-refractivity contribution is 7.92. The van der Waals surface area contributed by atoms with Crippen LogP contribution in [0.25, 0.3) is 0 Å². The molecule has 0 unspecified atom stereocenters. The summed E-state index contributed by atoms with van der Waals surface area (Å²) >= 11 is 6.17.